The van der Waals surface area contributed by atoms with Crippen molar-refractivity contribution in [3.8, 4) is 11.4 Å². The molecule has 5 nitrogen and oxygen atoms in total. The molecule has 0 aliphatic heterocycles. The van der Waals surface area contributed by atoms with Crippen molar-refractivity contribution >= 4 is 17.4 Å². The van der Waals surface area contributed by atoms with Gasteiger partial charge in [0.05, 0.1) is 17.3 Å². The van der Waals surface area contributed by atoms with Gasteiger partial charge >= 0.3 is 0 Å². The van der Waals surface area contributed by atoms with Crippen LogP contribution in [0.1, 0.15) is 5.69 Å². The van der Waals surface area contributed by atoms with E-state index in [9.17, 15) is 4.39 Å². The van der Waals surface area contributed by atoms with Gasteiger partial charge in [-0.1, -0.05) is 11.6 Å². The van der Waals surface area contributed by atoms with E-state index in [-0.39, 0.29) is 5.02 Å². The second kappa shape index (κ2) is 5.92. The number of rotatable bonds is 4. The predicted molar refractivity (Wildman–Crippen MR) is 71.0 cm³/mol. The Labute approximate surface area is 114 Å². The van der Waals surface area contributed by atoms with Crippen molar-refractivity contribution < 1.29 is 9.13 Å². The highest BCUT2D eigenvalue weighted by Gasteiger charge is 2.09. The fraction of sp³-hybridized carbons (Fsp3) is 0.167. The summed E-state index contributed by atoms with van der Waals surface area (Å²) in [6.45, 7) is 0.319. The van der Waals surface area contributed by atoms with Gasteiger partial charge in [0, 0.05) is 18.7 Å². The van der Waals surface area contributed by atoms with Crippen LogP contribution < -0.4 is 11.3 Å². The lowest BCUT2D eigenvalue weighted by Gasteiger charge is -2.07. The van der Waals surface area contributed by atoms with Gasteiger partial charge in [-0.25, -0.2) is 20.2 Å². The third-order valence-electron chi connectivity index (χ3n) is 2.40. The summed E-state index contributed by atoms with van der Waals surface area (Å²) in [5.41, 5.74) is 3.70. The van der Waals surface area contributed by atoms with Gasteiger partial charge in [-0.15, -0.1) is 0 Å². The number of hydrazine groups is 1. The summed E-state index contributed by atoms with van der Waals surface area (Å²) in [6.07, 6.45) is 0. The second-order valence-corrected chi connectivity index (χ2v) is 4.18. The van der Waals surface area contributed by atoms with E-state index in [0.29, 0.717) is 29.5 Å². The third kappa shape index (κ3) is 3.17. The molecule has 1 heterocycles. The molecule has 1 aromatic carbocycles. The molecule has 1 aromatic heterocycles. The predicted octanol–water partition coefficient (Wildman–Crippen LogP) is 2.37. The molecule has 19 heavy (non-hydrogen) atoms. The van der Waals surface area contributed by atoms with E-state index >= 15 is 0 Å². The number of nitrogens with zero attached hydrogens (tertiary/aromatic N) is 2. The normalized spacial score (nSPS) is 10.5. The number of benzene rings is 1. The Kier molecular flexibility index (Phi) is 4.26. The lowest BCUT2D eigenvalue weighted by atomic mass is 10.2. The monoisotopic (exact) mass is 282 g/mol. The van der Waals surface area contributed by atoms with Crippen LogP contribution in [0.4, 0.5) is 10.2 Å². The molecule has 3 N–H and O–H groups in total. The summed E-state index contributed by atoms with van der Waals surface area (Å²) < 4.78 is 18.2. The van der Waals surface area contributed by atoms with Crippen molar-refractivity contribution in [2.24, 2.45) is 5.84 Å². The van der Waals surface area contributed by atoms with Crippen LogP contribution in [0, 0.1) is 5.82 Å². The quantitative estimate of drug-likeness (QED) is 0.665. The van der Waals surface area contributed by atoms with E-state index in [4.69, 9.17) is 22.2 Å². The Morgan fingerprint density at radius 2 is 2.16 bits per heavy atom. The van der Waals surface area contributed by atoms with Crippen molar-refractivity contribution in [1.82, 2.24) is 9.97 Å². The molecule has 0 aliphatic rings. The summed E-state index contributed by atoms with van der Waals surface area (Å²) in [4.78, 5) is 8.49. The van der Waals surface area contributed by atoms with Crippen LogP contribution in [-0.4, -0.2) is 17.1 Å². The number of ether oxygens (including phenoxy) is 1. The van der Waals surface area contributed by atoms with Gasteiger partial charge in [0.1, 0.15) is 11.6 Å². The lowest BCUT2D eigenvalue weighted by molar-refractivity contribution is 0.181. The first-order chi connectivity index (χ1) is 9.13. The molecule has 2 rings (SSSR count). The van der Waals surface area contributed by atoms with Gasteiger partial charge in [-0.2, -0.15) is 0 Å². The number of methoxy groups -OCH3 is 1. The van der Waals surface area contributed by atoms with Crippen LogP contribution in [0.3, 0.4) is 0 Å². The van der Waals surface area contributed by atoms with Gasteiger partial charge in [0.2, 0.25) is 0 Å². The number of halogens is 2. The van der Waals surface area contributed by atoms with Gasteiger partial charge < -0.3 is 10.2 Å². The third-order valence-corrected chi connectivity index (χ3v) is 2.69. The lowest BCUT2D eigenvalue weighted by Crippen LogP contribution is -2.10. The molecule has 0 atom stereocenters. The van der Waals surface area contributed by atoms with Crippen molar-refractivity contribution in [3.05, 3.63) is 40.8 Å². The Hall–Kier alpha value is -1.76. The van der Waals surface area contributed by atoms with Gasteiger partial charge in [-0.05, 0) is 18.2 Å². The first-order valence-electron chi connectivity index (χ1n) is 5.43. The molecule has 0 amide bonds. The van der Waals surface area contributed by atoms with Crippen LogP contribution in [0.5, 0.6) is 0 Å². The topological polar surface area (TPSA) is 73.1 Å². The van der Waals surface area contributed by atoms with E-state index in [0.717, 1.165) is 0 Å². The maximum absolute atomic E-state index is 13.1. The minimum atomic E-state index is -0.490. The maximum Gasteiger partial charge on any atom is 0.161 e. The number of nitrogens with two attached hydrogens (primary N) is 1. The molecule has 0 fully saturated rings. The zero-order valence-corrected chi connectivity index (χ0v) is 10.9. The van der Waals surface area contributed by atoms with Crippen LogP contribution >= 0.6 is 11.6 Å². The summed E-state index contributed by atoms with van der Waals surface area (Å²) in [5, 5.41) is 0.0144. The number of aromatic nitrogens is 2. The zero-order valence-electron chi connectivity index (χ0n) is 10.2. The summed E-state index contributed by atoms with van der Waals surface area (Å²) >= 11 is 5.74. The van der Waals surface area contributed by atoms with E-state index in [1.165, 1.54) is 12.1 Å². The van der Waals surface area contributed by atoms with Crippen LogP contribution in [0.15, 0.2) is 24.3 Å². The number of nitrogens with one attached hydrogen (secondary N) is 1. The average Bonchev–Trinajstić information content (AvgIpc) is 2.42. The van der Waals surface area contributed by atoms with E-state index < -0.39 is 5.82 Å². The van der Waals surface area contributed by atoms with Crippen molar-refractivity contribution in [2.45, 2.75) is 6.61 Å². The molecule has 2 aromatic rings. The van der Waals surface area contributed by atoms with Gasteiger partial charge in [-0.3, -0.25) is 0 Å². The van der Waals surface area contributed by atoms with Gasteiger partial charge in [0.15, 0.2) is 5.82 Å². The van der Waals surface area contributed by atoms with E-state index in [1.54, 1.807) is 19.2 Å². The van der Waals surface area contributed by atoms with Crippen molar-refractivity contribution in [3.63, 3.8) is 0 Å². The molecule has 0 bridgehead atoms. The Bertz CT molecular complexity index is 594. The first kappa shape index (κ1) is 13.7. The molecule has 0 saturated heterocycles. The van der Waals surface area contributed by atoms with Crippen molar-refractivity contribution in [1.29, 1.82) is 0 Å². The van der Waals surface area contributed by atoms with E-state index in [1.807, 2.05) is 0 Å². The number of anilines is 1. The molecule has 0 aliphatic carbocycles. The number of hydrogen-bond donors (Lipinski definition) is 2. The zero-order chi connectivity index (χ0) is 13.8. The Morgan fingerprint density at radius 1 is 1.37 bits per heavy atom. The first-order valence-corrected chi connectivity index (χ1v) is 5.80. The van der Waals surface area contributed by atoms with E-state index in [2.05, 4.69) is 15.4 Å². The van der Waals surface area contributed by atoms with Gasteiger partial charge in [0.25, 0.3) is 0 Å². The molecule has 100 valence electrons. The maximum atomic E-state index is 13.1. The number of nitrogen functional groups attached to an aromatic ring is 1. The fourth-order valence-electron chi connectivity index (χ4n) is 1.56. The molecule has 0 radical (unpaired) electrons. The van der Waals surface area contributed by atoms with Crippen molar-refractivity contribution in [2.75, 3.05) is 12.5 Å². The van der Waals surface area contributed by atoms with Crippen LogP contribution in [0.2, 0.25) is 5.02 Å². The average molecular weight is 283 g/mol. The van der Waals surface area contributed by atoms with Crippen LogP contribution in [0.25, 0.3) is 11.4 Å². The molecular formula is C12H12ClFN4O. The summed E-state index contributed by atoms with van der Waals surface area (Å²) in [5.74, 6) is 5.69. The molecule has 0 unspecified atom stereocenters. The molecule has 0 spiro atoms. The Balaban J connectivity index is 2.47. The van der Waals surface area contributed by atoms with Crippen LogP contribution in [-0.2, 0) is 11.3 Å². The summed E-state index contributed by atoms with van der Waals surface area (Å²) in [6, 6.07) is 5.94. The molecule has 0 saturated carbocycles. The SMILES string of the molecule is COCc1cc(NN)nc(-c2ccc(F)c(Cl)c2)n1. The second-order valence-electron chi connectivity index (χ2n) is 3.77. The highest BCUT2D eigenvalue weighted by atomic mass is 35.5. The number of hydrogen-bond acceptors (Lipinski definition) is 5. The Morgan fingerprint density at radius 3 is 2.79 bits per heavy atom. The summed E-state index contributed by atoms with van der Waals surface area (Å²) in [7, 11) is 1.56. The largest absolute Gasteiger partial charge is 0.378 e. The smallest absolute Gasteiger partial charge is 0.161 e. The minimum absolute atomic E-state index is 0.0144. The highest BCUT2D eigenvalue weighted by molar-refractivity contribution is 6.31. The standard InChI is InChI=1S/C12H12ClFN4O/c1-19-6-8-5-11(18-15)17-12(16-8)7-2-3-10(14)9(13)4-7/h2-5H,6,15H2,1H3,(H,16,17,18). The fourth-order valence-corrected chi connectivity index (χ4v) is 1.74. The molecule has 7 heteroatoms. The molecular weight excluding hydrogens is 271 g/mol. The highest BCUT2D eigenvalue weighted by Crippen LogP contribution is 2.23. The minimum Gasteiger partial charge on any atom is -0.378 e.